The molecule has 0 bridgehead atoms. The Hall–Kier alpha value is -2.04. The third kappa shape index (κ3) is 3.65. The third-order valence-corrected chi connectivity index (χ3v) is 4.76. The first-order chi connectivity index (χ1) is 12.0. The number of hydrogen-bond donors (Lipinski definition) is 0. The van der Waals surface area contributed by atoms with E-state index in [0.717, 1.165) is 30.5 Å². The largest absolute Gasteiger partial charge is 0.361 e. The molecule has 0 saturated heterocycles. The SMILES string of the molecule is CN=Cc1ccc2c(c1)COC2(CCCN(C)C)c1ccc(F)cc1. The van der Waals surface area contributed by atoms with E-state index in [0.29, 0.717) is 6.61 Å². The van der Waals surface area contributed by atoms with Gasteiger partial charge in [0.1, 0.15) is 11.4 Å². The fourth-order valence-electron chi connectivity index (χ4n) is 3.59. The van der Waals surface area contributed by atoms with Gasteiger partial charge < -0.3 is 9.64 Å². The molecule has 0 aliphatic carbocycles. The van der Waals surface area contributed by atoms with Crippen LogP contribution in [0.1, 0.15) is 35.1 Å². The molecule has 1 heterocycles. The second-order valence-electron chi connectivity index (χ2n) is 6.83. The molecule has 0 N–H and O–H groups in total. The van der Waals surface area contributed by atoms with Gasteiger partial charge in [-0.3, -0.25) is 4.99 Å². The second-order valence-corrected chi connectivity index (χ2v) is 6.83. The lowest BCUT2D eigenvalue weighted by atomic mass is 9.81. The summed E-state index contributed by atoms with van der Waals surface area (Å²) in [5, 5.41) is 0. The Labute approximate surface area is 149 Å². The van der Waals surface area contributed by atoms with Crippen LogP contribution in [0.15, 0.2) is 47.5 Å². The average molecular weight is 340 g/mol. The molecule has 1 unspecified atom stereocenters. The summed E-state index contributed by atoms with van der Waals surface area (Å²) in [6.07, 6.45) is 3.72. The molecule has 0 aromatic heterocycles. The van der Waals surface area contributed by atoms with Crippen molar-refractivity contribution in [2.45, 2.75) is 25.0 Å². The molecule has 1 aliphatic rings. The summed E-state index contributed by atoms with van der Waals surface area (Å²) in [5.74, 6) is -0.222. The zero-order valence-corrected chi connectivity index (χ0v) is 15.1. The van der Waals surface area contributed by atoms with Crippen molar-refractivity contribution in [3.63, 3.8) is 0 Å². The lowest BCUT2D eigenvalue weighted by Crippen LogP contribution is -2.28. The minimum Gasteiger partial charge on any atom is -0.361 e. The number of rotatable bonds is 6. The van der Waals surface area contributed by atoms with Crippen LogP contribution in [0.25, 0.3) is 0 Å². The van der Waals surface area contributed by atoms with Crippen molar-refractivity contribution >= 4 is 6.21 Å². The summed E-state index contributed by atoms with van der Waals surface area (Å²) >= 11 is 0. The van der Waals surface area contributed by atoms with E-state index >= 15 is 0 Å². The Morgan fingerprint density at radius 2 is 1.96 bits per heavy atom. The van der Waals surface area contributed by atoms with Gasteiger partial charge in [0.05, 0.1) is 6.61 Å². The first-order valence-electron chi connectivity index (χ1n) is 8.65. The van der Waals surface area contributed by atoms with Crippen molar-refractivity contribution < 1.29 is 9.13 Å². The predicted molar refractivity (Wildman–Crippen MR) is 99.7 cm³/mol. The van der Waals surface area contributed by atoms with Crippen LogP contribution < -0.4 is 0 Å². The smallest absolute Gasteiger partial charge is 0.123 e. The number of hydrogen-bond acceptors (Lipinski definition) is 3. The Bertz CT molecular complexity index is 755. The van der Waals surface area contributed by atoms with Crippen LogP contribution in [0.5, 0.6) is 0 Å². The van der Waals surface area contributed by atoms with Crippen molar-refractivity contribution in [1.29, 1.82) is 0 Å². The zero-order chi connectivity index (χ0) is 17.9. The number of nitrogens with zero attached hydrogens (tertiary/aromatic N) is 2. The summed E-state index contributed by atoms with van der Waals surface area (Å²) in [4.78, 5) is 6.27. The van der Waals surface area contributed by atoms with Crippen molar-refractivity contribution in [3.05, 3.63) is 70.5 Å². The van der Waals surface area contributed by atoms with Crippen LogP contribution in [0, 0.1) is 5.82 Å². The summed E-state index contributed by atoms with van der Waals surface area (Å²) in [6.45, 7) is 1.56. The van der Waals surface area contributed by atoms with E-state index in [1.54, 1.807) is 7.05 Å². The van der Waals surface area contributed by atoms with E-state index in [9.17, 15) is 4.39 Å². The van der Waals surface area contributed by atoms with Gasteiger partial charge in [0.25, 0.3) is 0 Å². The maximum Gasteiger partial charge on any atom is 0.123 e. The fourth-order valence-corrected chi connectivity index (χ4v) is 3.59. The molecule has 2 aromatic carbocycles. The summed E-state index contributed by atoms with van der Waals surface area (Å²) < 4.78 is 19.8. The predicted octanol–water partition coefficient (Wildman–Crippen LogP) is 3.99. The minimum absolute atomic E-state index is 0.222. The van der Waals surface area contributed by atoms with Gasteiger partial charge in [0.15, 0.2) is 0 Å². The molecule has 3 nitrogen and oxygen atoms in total. The lowest BCUT2D eigenvalue weighted by molar-refractivity contribution is -0.0140. The van der Waals surface area contributed by atoms with E-state index in [1.807, 2.05) is 18.3 Å². The quantitative estimate of drug-likeness (QED) is 0.743. The number of fused-ring (bicyclic) bond motifs is 1. The van der Waals surface area contributed by atoms with Gasteiger partial charge >= 0.3 is 0 Å². The highest BCUT2D eigenvalue weighted by Crippen LogP contribution is 2.45. The van der Waals surface area contributed by atoms with Crippen LogP contribution in [0.2, 0.25) is 0 Å². The van der Waals surface area contributed by atoms with Gasteiger partial charge in [0.2, 0.25) is 0 Å². The van der Waals surface area contributed by atoms with Crippen molar-refractivity contribution in [3.8, 4) is 0 Å². The molecule has 0 fully saturated rings. The molecule has 132 valence electrons. The molecule has 1 atom stereocenters. The number of halogens is 1. The minimum atomic E-state index is -0.499. The molecule has 2 aromatic rings. The van der Waals surface area contributed by atoms with Crippen LogP contribution in [0.3, 0.4) is 0 Å². The highest BCUT2D eigenvalue weighted by Gasteiger charge is 2.41. The molecule has 0 amide bonds. The highest BCUT2D eigenvalue weighted by atomic mass is 19.1. The number of ether oxygens (including phenoxy) is 1. The Balaban J connectivity index is 2.00. The van der Waals surface area contributed by atoms with Crippen LogP contribution in [-0.2, 0) is 16.9 Å². The maximum atomic E-state index is 13.4. The maximum absolute atomic E-state index is 13.4. The van der Waals surface area contributed by atoms with Gasteiger partial charge in [0, 0.05) is 13.3 Å². The molecule has 3 rings (SSSR count). The normalized spacial score (nSPS) is 19.7. The summed E-state index contributed by atoms with van der Waals surface area (Å²) in [5.41, 5.74) is 3.97. The van der Waals surface area contributed by atoms with Crippen LogP contribution >= 0.6 is 0 Å². The first-order valence-corrected chi connectivity index (χ1v) is 8.65. The fraction of sp³-hybridized carbons (Fsp3) is 0.381. The molecule has 0 spiro atoms. The molecule has 25 heavy (non-hydrogen) atoms. The number of benzene rings is 2. The zero-order valence-electron chi connectivity index (χ0n) is 15.1. The van der Waals surface area contributed by atoms with E-state index < -0.39 is 5.60 Å². The van der Waals surface area contributed by atoms with Crippen LogP contribution in [-0.4, -0.2) is 38.8 Å². The highest BCUT2D eigenvalue weighted by molar-refractivity contribution is 5.80. The molecule has 4 heteroatoms. The topological polar surface area (TPSA) is 24.8 Å². The molecule has 0 saturated carbocycles. The van der Waals surface area contributed by atoms with Crippen LogP contribution in [0.4, 0.5) is 4.39 Å². The van der Waals surface area contributed by atoms with Gasteiger partial charge in [-0.2, -0.15) is 0 Å². The number of aliphatic imine (C=N–C) groups is 1. The second kappa shape index (κ2) is 7.46. The first kappa shape index (κ1) is 17.8. The third-order valence-electron chi connectivity index (χ3n) is 4.76. The Kier molecular flexibility index (Phi) is 5.30. The van der Waals surface area contributed by atoms with E-state index in [1.165, 1.54) is 23.3 Å². The Morgan fingerprint density at radius 1 is 1.20 bits per heavy atom. The summed E-state index contributed by atoms with van der Waals surface area (Å²) in [6, 6.07) is 13.1. The van der Waals surface area contributed by atoms with Gasteiger partial charge in [-0.15, -0.1) is 0 Å². The monoisotopic (exact) mass is 340 g/mol. The molecule has 0 radical (unpaired) electrons. The lowest BCUT2D eigenvalue weighted by Gasteiger charge is -2.31. The van der Waals surface area contributed by atoms with Crippen molar-refractivity contribution in [1.82, 2.24) is 4.90 Å². The Morgan fingerprint density at radius 3 is 2.64 bits per heavy atom. The van der Waals surface area contributed by atoms with E-state index in [2.05, 4.69) is 42.2 Å². The van der Waals surface area contributed by atoms with Gasteiger partial charge in [-0.05, 0) is 73.9 Å². The van der Waals surface area contributed by atoms with Crippen molar-refractivity contribution in [2.24, 2.45) is 4.99 Å². The molecule has 1 aliphatic heterocycles. The van der Waals surface area contributed by atoms with Gasteiger partial charge in [-0.25, -0.2) is 4.39 Å². The van der Waals surface area contributed by atoms with E-state index in [4.69, 9.17) is 4.74 Å². The molecular formula is C21H25FN2O. The summed E-state index contributed by atoms with van der Waals surface area (Å²) in [7, 11) is 5.92. The standard InChI is InChI=1S/C21H25FN2O/c1-23-14-16-5-10-20-17(13-16)15-25-21(20,11-4-12-24(2)3)18-6-8-19(22)9-7-18/h5-10,13-14H,4,11-12,15H2,1-3H3. The molecular weight excluding hydrogens is 315 g/mol. The average Bonchev–Trinajstić information content (AvgIpc) is 2.95. The van der Waals surface area contributed by atoms with Gasteiger partial charge in [-0.1, -0.05) is 24.3 Å². The van der Waals surface area contributed by atoms with Crippen molar-refractivity contribution in [2.75, 3.05) is 27.7 Å². The van der Waals surface area contributed by atoms with E-state index in [-0.39, 0.29) is 5.82 Å².